The lowest BCUT2D eigenvalue weighted by Gasteiger charge is -2.30. The fourth-order valence-corrected chi connectivity index (χ4v) is 10.4. The smallest absolute Gasteiger partial charge is 0.204 e. The van der Waals surface area contributed by atoms with Crippen molar-refractivity contribution < 1.29 is 28.7 Å². The summed E-state index contributed by atoms with van der Waals surface area (Å²) in [6.45, 7) is 20.3. The number of carbonyl (C=O) groups is 4. The quantitative estimate of drug-likeness (QED) is 0.0975. The van der Waals surface area contributed by atoms with E-state index in [1.54, 1.807) is 50.7 Å². The Morgan fingerprint density at radius 2 is 0.892 bits per heavy atom. The lowest BCUT2D eigenvalue weighted by Crippen LogP contribution is -2.18. The summed E-state index contributed by atoms with van der Waals surface area (Å²) >= 11 is 0. The third-order valence-corrected chi connectivity index (χ3v) is 14.0. The Labute approximate surface area is 443 Å². The predicted octanol–water partition coefficient (Wildman–Crippen LogP) is 11.0. The van der Waals surface area contributed by atoms with Crippen molar-refractivity contribution in [3.63, 3.8) is 0 Å². The molecule has 6 N–H and O–H groups in total. The largest absolute Gasteiger partial charge is 0.388 e. The highest BCUT2D eigenvalue weighted by Crippen LogP contribution is 2.56. The maximum absolute atomic E-state index is 9.62. The predicted molar refractivity (Wildman–Crippen MR) is 302 cm³/mol. The maximum atomic E-state index is 9.62. The number of hydrogen-bond donors (Lipinski definition) is 4. The second-order valence-electron chi connectivity index (χ2n) is 21.7. The van der Waals surface area contributed by atoms with E-state index in [1.807, 2.05) is 40.1 Å². The number of amides is 2. The number of aromatic nitrogens is 4. The number of nitrogens with two attached hydrogens (primary N) is 2. The Kier molecular flexibility index (Phi) is 25.8. The number of aromatic amines is 2. The third-order valence-electron chi connectivity index (χ3n) is 14.0. The second-order valence-corrected chi connectivity index (χ2v) is 21.7. The molecule has 14 heteroatoms. The van der Waals surface area contributed by atoms with Crippen LogP contribution in [-0.2, 0) is 52.3 Å². The molecule has 0 radical (unpaired) electrons. The van der Waals surface area contributed by atoms with E-state index in [-0.39, 0.29) is 23.7 Å². The number of aldehydes is 2. The Morgan fingerprint density at radius 3 is 1.14 bits per heavy atom. The zero-order valence-electron chi connectivity index (χ0n) is 47.3. The monoisotopic (exact) mass is 1020 g/mol. The molecule has 2 aromatic heterocycles. The van der Waals surface area contributed by atoms with Gasteiger partial charge in [0.05, 0.1) is 35.9 Å². The van der Waals surface area contributed by atoms with E-state index in [0.717, 1.165) is 61.5 Å². The molecule has 2 aliphatic heterocycles. The second kappa shape index (κ2) is 30.5. The van der Waals surface area contributed by atoms with Crippen LogP contribution < -0.4 is 11.5 Å². The molecule has 2 atom stereocenters. The lowest BCUT2D eigenvalue weighted by molar-refractivity contribution is -0.109. The summed E-state index contributed by atoms with van der Waals surface area (Å²) in [7, 11) is 10.9. The molecular weight excluding hydrogens is 929 g/mol. The molecule has 74 heavy (non-hydrogen) atoms. The van der Waals surface area contributed by atoms with Crippen LogP contribution in [0.3, 0.4) is 0 Å². The van der Waals surface area contributed by atoms with Crippen molar-refractivity contribution in [1.29, 1.82) is 0 Å². The van der Waals surface area contributed by atoms with E-state index < -0.39 is 0 Å². The number of carbonyl (C=O) groups excluding carboxylic acids is 4. The summed E-state index contributed by atoms with van der Waals surface area (Å²) < 4.78 is 8.50. The third kappa shape index (κ3) is 16.6. The highest BCUT2D eigenvalue weighted by Gasteiger charge is 2.43. The first-order chi connectivity index (χ1) is 35.3. The number of rotatable bonds is 10. The number of likely N-dealkylation sites (tertiary alicyclic amines) is 2. The number of methoxy groups -OCH3 is 2. The van der Waals surface area contributed by atoms with E-state index in [1.165, 1.54) is 71.9 Å². The molecule has 3 aromatic carbocycles. The molecule has 0 bridgehead atoms. The summed E-state index contributed by atoms with van der Waals surface area (Å²) in [4.78, 5) is 58.2. The average molecular weight is 1020 g/mol. The molecule has 0 spiro atoms. The van der Waals surface area contributed by atoms with Crippen molar-refractivity contribution in [3.05, 3.63) is 94.8 Å². The summed E-state index contributed by atoms with van der Waals surface area (Å²) in [5.74, 6) is 3.25. The molecule has 0 saturated carbocycles. The van der Waals surface area contributed by atoms with E-state index in [0.29, 0.717) is 36.8 Å². The van der Waals surface area contributed by atoms with Crippen LogP contribution in [0.1, 0.15) is 153 Å². The molecule has 0 unspecified atom stereocenters. The van der Waals surface area contributed by atoms with Crippen LogP contribution in [0.5, 0.6) is 0 Å². The van der Waals surface area contributed by atoms with Crippen LogP contribution in [0.15, 0.2) is 60.9 Å². The minimum absolute atomic E-state index is 0.116. The van der Waals surface area contributed by atoms with Gasteiger partial charge in [-0.05, 0) is 157 Å². The fourth-order valence-electron chi connectivity index (χ4n) is 10.4. The number of imidazole rings is 2. The number of primary amides is 2. The average Bonchev–Trinajstić information content (AvgIpc) is 4.23. The van der Waals surface area contributed by atoms with Crippen molar-refractivity contribution in [2.45, 2.75) is 143 Å². The Morgan fingerprint density at radius 1 is 0.595 bits per heavy atom. The molecule has 2 aliphatic carbocycles. The first-order valence-corrected chi connectivity index (χ1v) is 26.2. The Hall–Kier alpha value is -5.80. The van der Waals surface area contributed by atoms with Crippen LogP contribution in [0.4, 0.5) is 0 Å². The normalized spacial score (nSPS) is 17.7. The molecule has 2 saturated heterocycles. The van der Waals surface area contributed by atoms with Gasteiger partial charge in [-0.2, -0.15) is 0 Å². The van der Waals surface area contributed by atoms with Gasteiger partial charge in [-0.25, -0.2) is 9.97 Å². The lowest BCUT2D eigenvalue weighted by atomic mass is 9.73. The van der Waals surface area contributed by atoms with Crippen molar-refractivity contribution in [1.82, 2.24) is 29.7 Å². The molecule has 5 aromatic rings. The highest BCUT2D eigenvalue weighted by atomic mass is 16.5. The zero-order valence-corrected chi connectivity index (χ0v) is 47.3. The number of ether oxygens (including phenoxy) is 2. The van der Waals surface area contributed by atoms with Crippen molar-refractivity contribution in [2.75, 3.05) is 55.6 Å². The van der Waals surface area contributed by atoms with Crippen LogP contribution in [0, 0.1) is 11.8 Å². The van der Waals surface area contributed by atoms with Gasteiger partial charge in [-0.15, -0.1) is 0 Å². The zero-order chi connectivity index (χ0) is 55.2. The fraction of sp³-hybridized carbons (Fsp3) is 0.533. The van der Waals surface area contributed by atoms with E-state index in [4.69, 9.17) is 19.6 Å². The van der Waals surface area contributed by atoms with Crippen molar-refractivity contribution >= 4 is 25.4 Å². The first kappa shape index (κ1) is 62.5. The van der Waals surface area contributed by atoms with Crippen molar-refractivity contribution in [2.24, 2.45) is 23.3 Å². The van der Waals surface area contributed by atoms with E-state index >= 15 is 0 Å². The van der Waals surface area contributed by atoms with Crippen LogP contribution in [0.25, 0.3) is 44.8 Å². The van der Waals surface area contributed by atoms with Gasteiger partial charge in [0.15, 0.2) is 0 Å². The number of hydrogen-bond acceptors (Lipinski definition) is 10. The SMILES string of the molecule is CC(C)CC=O.CC(C)CC=O.CN1CCC[C@H]1c1ncc(-c2ccc(-c3c4c(c(-c5ccc(-c6cnc([C@@H]7CCCN7C)[nH]6)cc5)c5c3C(C)(C)CC5)C(C)(C)CC4)cc2)[nH]1.COC.COC.NC=O.NC=O. The molecule has 406 valence electrons. The van der Waals surface area contributed by atoms with Gasteiger partial charge in [0, 0.05) is 41.3 Å². The standard InChI is InChI=1S/C44H52N6.2C5H10O.2C2H6O.2CH3NO/c1-43(2)21-19-31-38(30-17-13-28(14-18-30)34-26-46-42(48-34)36-10-8-24-50(36)6)40-32(20-22-44(40,3)4)37(39(31)43)29-15-11-27(12-16-29)33-25-45-41(47-33)35-9-7-23-49(35)5;2*1-5(2)3-4-6;2*1-3-2;2*2-1-3/h11-18,25-26,35-36H,7-10,19-24H2,1-6H3,(H,45,47)(H,46,48);2*4-5H,3H2,1-2H3;2*1-2H3;2*1H,(H2,2,3)/t35-,36-;;;;;;/m0....../s1. The van der Waals surface area contributed by atoms with Crippen LogP contribution in [-0.4, -0.2) is 111 Å². The van der Waals surface area contributed by atoms with Crippen LogP contribution in [0.2, 0.25) is 0 Å². The van der Waals surface area contributed by atoms with Crippen molar-refractivity contribution in [3.8, 4) is 44.8 Å². The van der Waals surface area contributed by atoms with Gasteiger partial charge < -0.3 is 40.5 Å². The topological polar surface area (TPSA) is 203 Å². The van der Waals surface area contributed by atoms with Gasteiger partial charge in [0.25, 0.3) is 0 Å². The Bertz CT molecular complexity index is 2300. The van der Waals surface area contributed by atoms with E-state index in [2.05, 4.69) is 131 Å². The summed E-state index contributed by atoms with van der Waals surface area (Å²) in [6.07, 6.45) is 17.3. The van der Waals surface area contributed by atoms with Gasteiger partial charge in [0.1, 0.15) is 24.2 Å². The van der Waals surface area contributed by atoms with Gasteiger partial charge >= 0.3 is 0 Å². The minimum Gasteiger partial charge on any atom is -0.388 e. The molecule has 2 amide bonds. The minimum atomic E-state index is 0.116. The molecule has 14 nitrogen and oxygen atoms in total. The van der Waals surface area contributed by atoms with Gasteiger partial charge in [0.2, 0.25) is 12.8 Å². The summed E-state index contributed by atoms with van der Waals surface area (Å²) in [5, 5.41) is 0. The summed E-state index contributed by atoms with van der Waals surface area (Å²) in [6, 6.07) is 19.6. The number of H-pyrrole nitrogens is 2. The highest BCUT2D eigenvalue weighted by molar-refractivity contribution is 5.88. The maximum Gasteiger partial charge on any atom is 0.204 e. The molecule has 4 heterocycles. The number of fused-ring (bicyclic) bond motifs is 2. The molecule has 4 aliphatic rings. The van der Waals surface area contributed by atoms with Gasteiger partial charge in [-0.3, -0.25) is 19.4 Å². The Balaban J connectivity index is 0.000000509. The van der Waals surface area contributed by atoms with Crippen LogP contribution >= 0.6 is 0 Å². The molecule has 9 rings (SSSR count). The van der Waals surface area contributed by atoms with E-state index in [9.17, 15) is 9.59 Å². The molecular formula is C60H90N8O6. The summed E-state index contributed by atoms with van der Waals surface area (Å²) in [5.41, 5.74) is 25.2. The first-order valence-electron chi connectivity index (χ1n) is 26.2. The number of benzene rings is 3. The number of nitrogens with one attached hydrogen (secondary N) is 2. The number of nitrogens with zero attached hydrogens (tertiary/aromatic N) is 4. The van der Waals surface area contributed by atoms with Gasteiger partial charge in [-0.1, -0.05) is 104 Å². The molecule has 2 fully saturated rings.